The molecule has 250 valence electrons. The highest BCUT2D eigenvalue weighted by Crippen LogP contribution is 2.37. The zero-order valence-corrected chi connectivity index (χ0v) is 25.2. The topological polar surface area (TPSA) is 123 Å². The summed E-state index contributed by atoms with van der Waals surface area (Å²) in [4.78, 5) is 30.8. The van der Waals surface area contributed by atoms with Crippen molar-refractivity contribution in [1.82, 2.24) is 14.8 Å². The Balaban J connectivity index is 1.47. The SMILES string of the molecule is CCO[C@@H]1[C@@H](OC)[C@H](C)O[C@@H](OC(=O)N(C(C)=O)c2ccc(-c3ncn(-c4ccc(OC(F)(F)C(F)(F)F)cc4)n3)cc2)[C@@H]1OC. The zero-order valence-electron chi connectivity index (χ0n) is 25.2. The van der Waals surface area contributed by atoms with Crippen LogP contribution in [0.4, 0.5) is 32.4 Å². The highest BCUT2D eigenvalue weighted by Gasteiger charge is 2.61. The van der Waals surface area contributed by atoms with Gasteiger partial charge in [0.25, 0.3) is 0 Å². The van der Waals surface area contributed by atoms with Gasteiger partial charge >= 0.3 is 18.4 Å². The first-order chi connectivity index (χ1) is 21.7. The molecule has 2 amide bonds. The number of benzene rings is 2. The van der Waals surface area contributed by atoms with Gasteiger partial charge in [-0.1, -0.05) is 0 Å². The van der Waals surface area contributed by atoms with Crippen LogP contribution in [0.5, 0.6) is 5.75 Å². The molecule has 0 N–H and O–H groups in total. The number of alkyl halides is 5. The van der Waals surface area contributed by atoms with Crippen LogP contribution in [0, 0.1) is 0 Å². The lowest BCUT2D eigenvalue weighted by atomic mass is 9.99. The van der Waals surface area contributed by atoms with Crippen molar-refractivity contribution in [3.05, 3.63) is 54.9 Å². The third-order valence-electron chi connectivity index (χ3n) is 6.90. The Morgan fingerprint density at radius 1 is 0.957 bits per heavy atom. The van der Waals surface area contributed by atoms with Gasteiger partial charge in [0.2, 0.25) is 12.2 Å². The molecule has 0 spiro atoms. The van der Waals surface area contributed by atoms with Gasteiger partial charge in [0.1, 0.15) is 30.4 Å². The second kappa shape index (κ2) is 14.1. The van der Waals surface area contributed by atoms with E-state index in [1.54, 1.807) is 26.0 Å². The maximum atomic E-state index is 13.2. The molecule has 1 aliphatic heterocycles. The number of nitrogens with zero attached hydrogens (tertiary/aromatic N) is 4. The molecule has 0 bridgehead atoms. The van der Waals surface area contributed by atoms with Crippen LogP contribution in [0.2, 0.25) is 0 Å². The number of hydrogen-bond donors (Lipinski definition) is 0. The minimum absolute atomic E-state index is 0.167. The highest BCUT2D eigenvalue weighted by atomic mass is 19.4. The minimum Gasteiger partial charge on any atom is -0.426 e. The number of halogens is 5. The molecule has 1 aromatic heterocycles. The summed E-state index contributed by atoms with van der Waals surface area (Å²) in [6.07, 6.45) is -14.7. The standard InChI is InChI=1S/C29H31F5N4O8/c1-6-43-23-22(41-4)16(2)44-26(24(23)42-5)45-27(40)38(17(3)39)20-9-7-18(8-10-20)25-35-15-37(36-25)19-11-13-21(14-12-19)46-29(33,34)28(30,31)32/h7-16,22-24,26H,6H2,1-5H3/t16-,22-,23+,24+,26-/m0/s1. The van der Waals surface area contributed by atoms with Gasteiger partial charge in [-0.25, -0.2) is 19.4 Å². The van der Waals surface area contributed by atoms with Crippen molar-refractivity contribution in [2.75, 3.05) is 25.7 Å². The summed E-state index contributed by atoms with van der Waals surface area (Å²) in [6, 6.07) is 10.3. The molecule has 0 aliphatic carbocycles. The van der Waals surface area contributed by atoms with Crippen LogP contribution < -0.4 is 9.64 Å². The van der Waals surface area contributed by atoms with Gasteiger partial charge in [0.15, 0.2) is 5.82 Å². The van der Waals surface area contributed by atoms with Crippen molar-refractivity contribution in [2.24, 2.45) is 0 Å². The van der Waals surface area contributed by atoms with E-state index in [0.29, 0.717) is 17.9 Å². The van der Waals surface area contributed by atoms with E-state index in [-0.39, 0.29) is 11.5 Å². The largest absolute Gasteiger partial charge is 0.499 e. The van der Waals surface area contributed by atoms with Gasteiger partial charge in [-0.3, -0.25) is 4.79 Å². The van der Waals surface area contributed by atoms with E-state index in [9.17, 15) is 31.5 Å². The number of ether oxygens (including phenoxy) is 6. The van der Waals surface area contributed by atoms with E-state index in [1.165, 1.54) is 56.4 Å². The molecule has 3 aromatic rings. The maximum Gasteiger partial charge on any atom is 0.499 e. The number of rotatable bonds is 10. The Hall–Kier alpha value is -4.19. The van der Waals surface area contributed by atoms with Crippen molar-refractivity contribution in [3.63, 3.8) is 0 Å². The maximum absolute atomic E-state index is 13.2. The number of anilines is 1. The van der Waals surface area contributed by atoms with Gasteiger partial charge in [-0.2, -0.15) is 22.0 Å². The number of hydrogen-bond acceptors (Lipinski definition) is 10. The summed E-state index contributed by atoms with van der Waals surface area (Å²) in [5.74, 6) is -1.14. The number of aromatic nitrogens is 3. The molecule has 12 nitrogen and oxygen atoms in total. The molecule has 0 saturated carbocycles. The summed E-state index contributed by atoms with van der Waals surface area (Å²) in [5, 5.41) is 4.29. The van der Waals surface area contributed by atoms with Crippen LogP contribution in [0.15, 0.2) is 54.9 Å². The number of imide groups is 1. The molecule has 2 heterocycles. The summed E-state index contributed by atoms with van der Waals surface area (Å²) in [5.41, 5.74) is 0.930. The van der Waals surface area contributed by atoms with Gasteiger partial charge in [-0.05, 0) is 62.4 Å². The monoisotopic (exact) mass is 658 g/mol. The van der Waals surface area contributed by atoms with Crippen molar-refractivity contribution < 1.29 is 60.0 Å². The first kappa shape index (κ1) is 34.7. The van der Waals surface area contributed by atoms with Crippen LogP contribution in [-0.4, -0.2) is 90.6 Å². The molecule has 46 heavy (non-hydrogen) atoms. The fourth-order valence-electron chi connectivity index (χ4n) is 4.74. The van der Waals surface area contributed by atoms with Crippen LogP contribution in [0.25, 0.3) is 17.1 Å². The lowest BCUT2D eigenvalue weighted by Crippen LogP contribution is -2.60. The van der Waals surface area contributed by atoms with Gasteiger partial charge in [-0.15, -0.1) is 5.10 Å². The molecule has 4 rings (SSSR count). The smallest absolute Gasteiger partial charge is 0.426 e. The third-order valence-corrected chi connectivity index (χ3v) is 6.90. The lowest BCUT2D eigenvalue weighted by Gasteiger charge is -2.43. The Labute approximate surface area is 259 Å². The molecule has 2 aromatic carbocycles. The summed E-state index contributed by atoms with van der Waals surface area (Å²) >= 11 is 0. The molecule has 1 saturated heterocycles. The third kappa shape index (κ3) is 7.43. The van der Waals surface area contributed by atoms with Crippen LogP contribution in [0.1, 0.15) is 20.8 Å². The minimum atomic E-state index is -5.87. The summed E-state index contributed by atoms with van der Waals surface area (Å²) in [6.45, 7) is 5.05. The Kier molecular flexibility index (Phi) is 10.6. The predicted molar refractivity (Wildman–Crippen MR) is 149 cm³/mol. The average molecular weight is 659 g/mol. The zero-order chi connectivity index (χ0) is 33.8. The van der Waals surface area contributed by atoms with E-state index >= 15 is 0 Å². The van der Waals surface area contributed by atoms with Gasteiger partial charge in [0, 0.05) is 33.3 Å². The normalized spacial score (nSPS) is 21.9. The Bertz CT molecular complexity index is 1490. The van der Waals surface area contributed by atoms with E-state index in [1.807, 2.05) is 0 Å². The fraction of sp³-hybridized carbons (Fsp3) is 0.448. The number of carbonyl (C=O) groups is 2. The summed E-state index contributed by atoms with van der Waals surface area (Å²) < 4.78 is 96.9. The number of amides is 2. The molecular weight excluding hydrogens is 627 g/mol. The highest BCUT2D eigenvalue weighted by molar-refractivity contribution is 6.11. The predicted octanol–water partition coefficient (Wildman–Crippen LogP) is 5.14. The van der Waals surface area contributed by atoms with Crippen molar-refractivity contribution in [1.29, 1.82) is 0 Å². The fourth-order valence-corrected chi connectivity index (χ4v) is 4.74. The molecule has 17 heteroatoms. The Morgan fingerprint density at radius 2 is 1.59 bits per heavy atom. The molecular formula is C29H31F5N4O8. The van der Waals surface area contributed by atoms with Crippen LogP contribution in [-0.2, 0) is 28.5 Å². The van der Waals surface area contributed by atoms with Crippen LogP contribution >= 0.6 is 0 Å². The molecule has 5 atom stereocenters. The second-order valence-electron chi connectivity index (χ2n) is 9.94. The number of methoxy groups -OCH3 is 2. The molecule has 1 aliphatic rings. The second-order valence-corrected chi connectivity index (χ2v) is 9.94. The number of carbonyl (C=O) groups excluding carboxylic acids is 2. The molecule has 0 radical (unpaired) electrons. The van der Waals surface area contributed by atoms with E-state index in [0.717, 1.165) is 17.0 Å². The first-order valence-electron chi connectivity index (χ1n) is 13.8. The lowest BCUT2D eigenvalue weighted by molar-refractivity contribution is -0.360. The van der Waals surface area contributed by atoms with Crippen molar-refractivity contribution >= 4 is 17.7 Å². The van der Waals surface area contributed by atoms with Gasteiger partial charge in [0.05, 0.1) is 17.5 Å². The molecule has 0 unspecified atom stereocenters. The van der Waals surface area contributed by atoms with Crippen LogP contribution in [0.3, 0.4) is 0 Å². The van der Waals surface area contributed by atoms with E-state index in [2.05, 4.69) is 14.8 Å². The van der Waals surface area contributed by atoms with Crippen molar-refractivity contribution in [2.45, 2.75) is 63.8 Å². The Morgan fingerprint density at radius 3 is 2.13 bits per heavy atom. The molecule has 1 fully saturated rings. The average Bonchev–Trinajstić information content (AvgIpc) is 3.48. The van der Waals surface area contributed by atoms with E-state index < -0.39 is 60.7 Å². The quantitative estimate of drug-likeness (QED) is 0.271. The van der Waals surface area contributed by atoms with E-state index in [4.69, 9.17) is 23.7 Å². The van der Waals surface area contributed by atoms with Crippen molar-refractivity contribution in [3.8, 4) is 22.8 Å². The van der Waals surface area contributed by atoms with Gasteiger partial charge < -0.3 is 28.4 Å². The summed E-state index contributed by atoms with van der Waals surface area (Å²) in [7, 11) is 2.91. The first-order valence-corrected chi connectivity index (χ1v) is 13.8.